The van der Waals surface area contributed by atoms with Gasteiger partial charge in [-0.25, -0.2) is 0 Å². The van der Waals surface area contributed by atoms with Gasteiger partial charge in [-0.3, -0.25) is 0 Å². The molecule has 1 fully saturated rings. The van der Waals surface area contributed by atoms with Gasteiger partial charge in [0.25, 0.3) is 0 Å². The van der Waals surface area contributed by atoms with E-state index in [9.17, 15) is 0 Å². The highest BCUT2D eigenvalue weighted by molar-refractivity contribution is 4.81. The minimum Gasteiger partial charge on any atom is -0.373 e. The van der Waals surface area contributed by atoms with Crippen molar-refractivity contribution in [1.29, 1.82) is 0 Å². The van der Waals surface area contributed by atoms with Crippen LogP contribution >= 0.6 is 0 Å². The number of nitrogens with one attached hydrogen (secondary N) is 1. The molecule has 0 saturated heterocycles. The lowest BCUT2D eigenvalue weighted by atomic mass is 9.76. The summed E-state index contributed by atoms with van der Waals surface area (Å²) in [5.74, 6) is 0.574. The van der Waals surface area contributed by atoms with Crippen molar-refractivity contribution in [2.75, 3.05) is 6.54 Å². The van der Waals surface area contributed by atoms with E-state index < -0.39 is 0 Å². The molecule has 1 rings (SSSR count). The highest BCUT2D eigenvalue weighted by atomic mass is 16.5. The van der Waals surface area contributed by atoms with E-state index in [1.54, 1.807) is 0 Å². The predicted molar refractivity (Wildman–Crippen MR) is 83.5 cm³/mol. The Morgan fingerprint density at radius 2 is 1.68 bits per heavy atom. The van der Waals surface area contributed by atoms with Crippen molar-refractivity contribution in [2.45, 2.75) is 91.9 Å². The Balaban J connectivity index is 2.42. The fourth-order valence-corrected chi connectivity index (χ4v) is 2.60. The van der Waals surface area contributed by atoms with Crippen molar-refractivity contribution in [3.8, 4) is 0 Å². The Labute approximate surface area is 120 Å². The van der Waals surface area contributed by atoms with E-state index in [2.05, 4.69) is 53.8 Å². The third kappa shape index (κ3) is 6.76. The van der Waals surface area contributed by atoms with E-state index in [-0.39, 0.29) is 5.54 Å². The molecule has 1 saturated carbocycles. The molecule has 0 bridgehead atoms. The zero-order valence-electron chi connectivity index (χ0n) is 14.2. The molecule has 1 atom stereocenters. The number of ether oxygens (including phenoxy) is 1. The monoisotopic (exact) mass is 269 g/mol. The zero-order valence-corrected chi connectivity index (χ0v) is 14.2. The van der Waals surface area contributed by atoms with E-state index >= 15 is 0 Å². The lowest BCUT2D eigenvalue weighted by Gasteiger charge is -2.37. The van der Waals surface area contributed by atoms with E-state index in [4.69, 9.17) is 4.74 Å². The second-order valence-corrected chi connectivity index (χ2v) is 8.41. The summed E-state index contributed by atoms with van der Waals surface area (Å²) in [6.07, 6.45) is 5.87. The summed E-state index contributed by atoms with van der Waals surface area (Å²) in [5.41, 5.74) is 0.696. The second kappa shape index (κ2) is 6.58. The highest BCUT2D eigenvalue weighted by Crippen LogP contribution is 2.36. The van der Waals surface area contributed by atoms with Crippen molar-refractivity contribution in [3.63, 3.8) is 0 Å². The average molecular weight is 269 g/mol. The van der Waals surface area contributed by atoms with Crippen LogP contribution in [0, 0.1) is 11.3 Å². The van der Waals surface area contributed by atoms with Crippen LogP contribution in [0.5, 0.6) is 0 Å². The molecular formula is C17H35NO. The molecule has 2 nitrogen and oxygen atoms in total. The van der Waals surface area contributed by atoms with Crippen LogP contribution in [0.2, 0.25) is 0 Å². The van der Waals surface area contributed by atoms with Crippen LogP contribution in [0.15, 0.2) is 0 Å². The summed E-state index contributed by atoms with van der Waals surface area (Å²) < 4.78 is 6.38. The first kappa shape index (κ1) is 17.0. The maximum absolute atomic E-state index is 6.38. The molecule has 1 unspecified atom stereocenters. The van der Waals surface area contributed by atoms with Gasteiger partial charge in [0.15, 0.2) is 0 Å². The van der Waals surface area contributed by atoms with Crippen LogP contribution in [-0.2, 0) is 4.74 Å². The molecule has 0 aromatic heterocycles. The fourth-order valence-electron chi connectivity index (χ4n) is 2.60. The SMILES string of the molecule is CC(C)C(CNC(C)(C)C)OC1CCC(C)(C)CC1. The summed E-state index contributed by atoms with van der Waals surface area (Å²) in [7, 11) is 0. The molecule has 1 aliphatic rings. The smallest absolute Gasteiger partial charge is 0.0726 e. The van der Waals surface area contributed by atoms with Crippen molar-refractivity contribution in [1.82, 2.24) is 5.32 Å². The maximum atomic E-state index is 6.38. The van der Waals surface area contributed by atoms with Gasteiger partial charge in [0, 0.05) is 12.1 Å². The van der Waals surface area contributed by atoms with Gasteiger partial charge < -0.3 is 10.1 Å². The Hall–Kier alpha value is -0.0800. The van der Waals surface area contributed by atoms with Crippen LogP contribution < -0.4 is 5.32 Å². The summed E-state index contributed by atoms with van der Waals surface area (Å²) in [6.45, 7) is 16.9. The summed E-state index contributed by atoms with van der Waals surface area (Å²) >= 11 is 0. The molecule has 1 N–H and O–H groups in total. The molecule has 1 aliphatic carbocycles. The highest BCUT2D eigenvalue weighted by Gasteiger charge is 2.29. The van der Waals surface area contributed by atoms with Crippen LogP contribution in [0.3, 0.4) is 0 Å². The minimum absolute atomic E-state index is 0.172. The molecule has 114 valence electrons. The summed E-state index contributed by atoms with van der Waals surface area (Å²) in [4.78, 5) is 0. The van der Waals surface area contributed by atoms with E-state index in [0.29, 0.717) is 23.5 Å². The van der Waals surface area contributed by atoms with Crippen molar-refractivity contribution < 1.29 is 4.74 Å². The Morgan fingerprint density at radius 3 is 2.11 bits per heavy atom. The zero-order chi connectivity index (χ0) is 14.7. The molecule has 19 heavy (non-hydrogen) atoms. The summed E-state index contributed by atoms with van der Waals surface area (Å²) in [5, 5.41) is 3.58. The van der Waals surface area contributed by atoms with Crippen molar-refractivity contribution in [2.24, 2.45) is 11.3 Å². The topological polar surface area (TPSA) is 21.3 Å². The lowest BCUT2D eigenvalue weighted by molar-refractivity contribution is -0.0640. The molecule has 0 amide bonds. The molecule has 0 aromatic rings. The first-order valence-corrected chi connectivity index (χ1v) is 7.99. The van der Waals surface area contributed by atoms with Crippen LogP contribution in [-0.4, -0.2) is 24.3 Å². The van der Waals surface area contributed by atoms with E-state index in [1.807, 2.05) is 0 Å². The third-order valence-electron chi connectivity index (χ3n) is 4.23. The lowest BCUT2D eigenvalue weighted by Crippen LogP contribution is -2.44. The molecule has 0 aliphatic heterocycles. The summed E-state index contributed by atoms with van der Waals surface area (Å²) in [6, 6.07) is 0. The van der Waals surface area contributed by atoms with Gasteiger partial charge >= 0.3 is 0 Å². The first-order chi connectivity index (χ1) is 8.59. The molecule has 0 spiro atoms. The molecular weight excluding hydrogens is 234 g/mol. The number of hydrogen-bond acceptors (Lipinski definition) is 2. The minimum atomic E-state index is 0.172. The Kier molecular flexibility index (Phi) is 5.88. The van der Waals surface area contributed by atoms with Crippen molar-refractivity contribution in [3.05, 3.63) is 0 Å². The van der Waals surface area contributed by atoms with Gasteiger partial charge in [0.05, 0.1) is 12.2 Å². The first-order valence-electron chi connectivity index (χ1n) is 7.99. The van der Waals surface area contributed by atoms with Crippen LogP contribution in [0.25, 0.3) is 0 Å². The third-order valence-corrected chi connectivity index (χ3v) is 4.23. The number of rotatable bonds is 5. The fraction of sp³-hybridized carbons (Fsp3) is 1.00. The normalized spacial score (nSPS) is 22.7. The maximum Gasteiger partial charge on any atom is 0.0726 e. The van der Waals surface area contributed by atoms with E-state index in [0.717, 1.165) is 6.54 Å². The largest absolute Gasteiger partial charge is 0.373 e. The van der Waals surface area contributed by atoms with Gasteiger partial charge in [0.2, 0.25) is 0 Å². The Bertz CT molecular complexity index is 255. The van der Waals surface area contributed by atoms with Crippen molar-refractivity contribution >= 4 is 0 Å². The van der Waals surface area contributed by atoms with Gasteiger partial charge in [-0.1, -0.05) is 27.7 Å². The standard InChI is InChI=1S/C17H35NO/c1-13(2)15(12-18-16(3,4)5)19-14-8-10-17(6,7)11-9-14/h13-15,18H,8-12H2,1-7H3. The van der Waals surface area contributed by atoms with Gasteiger partial charge in [0.1, 0.15) is 0 Å². The predicted octanol–water partition coefficient (Wildman–Crippen LogP) is 4.38. The second-order valence-electron chi connectivity index (χ2n) is 8.41. The van der Waals surface area contributed by atoms with Crippen LogP contribution in [0.1, 0.15) is 74.1 Å². The molecule has 2 heteroatoms. The Morgan fingerprint density at radius 1 is 1.16 bits per heavy atom. The quantitative estimate of drug-likeness (QED) is 0.799. The molecule has 0 aromatic carbocycles. The molecule has 0 heterocycles. The molecule has 0 radical (unpaired) electrons. The van der Waals surface area contributed by atoms with Gasteiger partial charge in [-0.05, 0) is 57.8 Å². The van der Waals surface area contributed by atoms with E-state index in [1.165, 1.54) is 25.7 Å². The van der Waals surface area contributed by atoms with Gasteiger partial charge in [-0.15, -0.1) is 0 Å². The van der Waals surface area contributed by atoms with Gasteiger partial charge in [-0.2, -0.15) is 0 Å². The number of hydrogen-bond donors (Lipinski definition) is 1. The average Bonchev–Trinajstić information content (AvgIpc) is 2.24. The van der Waals surface area contributed by atoms with Crippen LogP contribution in [0.4, 0.5) is 0 Å².